The van der Waals surface area contributed by atoms with Crippen LogP contribution in [-0.2, 0) is 14.6 Å². The van der Waals surface area contributed by atoms with Gasteiger partial charge in [0, 0.05) is 6.26 Å². The monoisotopic (exact) mass is 305 g/mol. The first-order chi connectivity index (χ1) is 8.92. The lowest BCUT2D eigenvalue weighted by Crippen LogP contribution is -2.27. The van der Waals surface area contributed by atoms with E-state index in [1.807, 2.05) is 0 Å². The van der Waals surface area contributed by atoms with E-state index < -0.39 is 43.9 Å². The van der Waals surface area contributed by atoms with Crippen LogP contribution >= 0.6 is 0 Å². The predicted molar refractivity (Wildman–Crippen MR) is 68.5 cm³/mol. The molecule has 1 aromatic rings. The number of aromatic nitrogens is 2. The Bertz CT molecular complexity index is 640. The Morgan fingerprint density at radius 2 is 1.90 bits per heavy atom. The number of aromatic carboxylic acids is 1. The number of carbonyl (C=O) groups is 2. The second-order valence-electron chi connectivity index (χ2n) is 4.98. The van der Waals surface area contributed by atoms with Gasteiger partial charge in [-0.15, -0.1) is 0 Å². The van der Waals surface area contributed by atoms with Crippen molar-refractivity contribution in [2.24, 2.45) is 0 Å². The van der Waals surface area contributed by atoms with Crippen LogP contribution in [0.25, 0.3) is 0 Å². The average Bonchev–Trinajstić information content (AvgIpc) is 2.57. The van der Waals surface area contributed by atoms with Crippen LogP contribution in [0.2, 0.25) is 0 Å². The van der Waals surface area contributed by atoms with E-state index in [1.165, 1.54) is 0 Å². The number of carbonyl (C=O) groups excluding carboxylic acids is 1. The number of carboxylic acid groups (broad SMARTS) is 1. The topological polar surface area (TPSA) is 138 Å². The number of amides is 1. The van der Waals surface area contributed by atoms with Gasteiger partial charge in [-0.05, 0) is 20.8 Å². The van der Waals surface area contributed by atoms with Crippen LogP contribution in [-0.4, -0.2) is 47.6 Å². The van der Waals surface area contributed by atoms with Gasteiger partial charge in [-0.1, -0.05) is 0 Å². The molecule has 10 heteroatoms. The van der Waals surface area contributed by atoms with Gasteiger partial charge in [-0.25, -0.2) is 18.0 Å². The summed E-state index contributed by atoms with van der Waals surface area (Å²) in [6, 6.07) is 0. The van der Waals surface area contributed by atoms with E-state index in [1.54, 1.807) is 20.8 Å². The Balaban J connectivity index is 3.12. The molecule has 1 amide bonds. The molecule has 0 fully saturated rings. The van der Waals surface area contributed by atoms with E-state index >= 15 is 0 Å². The van der Waals surface area contributed by atoms with Gasteiger partial charge in [0.25, 0.3) is 0 Å². The Morgan fingerprint density at radius 1 is 1.35 bits per heavy atom. The molecule has 0 atom stereocenters. The molecule has 3 N–H and O–H groups in total. The van der Waals surface area contributed by atoms with Crippen LogP contribution in [0.1, 0.15) is 31.1 Å². The molecule has 0 aliphatic carbocycles. The second-order valence-corrected chi connectivity index (χ2v) is 6.93. The van der Waals surface area contributed by atoms with Crippen LogP contribution in [0.15, 0.2) is 5.03 Å². The van der Waals surface area contributed by atoms with E-state index in [4.69, 9.17) is 9.84 Å². The number of rotatable bonds is 3. The van der Waals surface area contributed by atoms with Crippen LogP contribution < -0.4 is 5.32 Å². The first-order valence-corrected chi connectivity index (χ1v) is 7.32. The molecule has 9 nitrogen and oxygen atoms in total. The van der Waals surface area contributed by atoms with Gasteiger partial charge in [-0.2, -0.15) is 5.10 Å². The van der Waals surface area contributed by atoms with Crippen molar-refractivity contribution in [1.29, 1.82) is 0 Å². The first-order valence-electron chi connectivity index (χ1n) is 5.43. The normalized spacial score (nSPS) is 12.0. The van der Waals surface area contributed by atoms with Gasteiger partial charge in [0.05, 0.1) is 0 Å². The molecule has 0 saturated carbocycles. The summed E-state index contributed by atoms with van der Waals surface area (Å²) in [5, 5.41) is 16.1. The summed E-state index contributed by atoms with van der Waals surface area (Å²) in [5.41, 5.74) is -1.43. The van der Waals surface area contributed by atoms with E-state index in [9.17, 15) is 18.0 Å². The summed E-state index contributed by atoms with van der Waals surface area (Å²) in [4.78, 5) is 22.6. The molecular weight excluding hydrogens is 290 g/mol. The number of nitrogens with one attached hydrogen (secondary N) is 2. The standard InChI is InChI=1S/C10H15N3O6S/c1-10(2,3)19-9(16)11-6-5(8(14)15)7(13-12-6)20(4,17)18/h1-4H3,(H,14,15)(H2,11,12,13,16). The minimum atomic E-state index is -3.82. The quantitative estimate of drug-likeness (QED) is 0.752. The van der Waals surface area contributed by atoms with Crippen molar-refractivity contribution >= 4 is 27.7 Å². The van der Waals surface area contributed by atoms with Crippen molar-refractivity contribution in [2.75, 3.05) is 11.6 Å². The van der Waals surface area contributed by atoms with Crippen molar-refractivity contribution in [3.63, 3.8) is 0 Å². The molecule has 0 aliphatic heterocycles. The van der Waals surface area contributed by atoms with E-state index in [0.717, 1.165) is 6.26 Å². The molecule has 112 valence electrons. The van der Waals surface area contributed by atoms with Gasteiger partial charge in [-0.3, -0.25) is 10.4 Å². The molecule has 1 aromatic heterocycles. The van der Waals surface area contributed by atoms with Crippen molar-refractivity contribution in [3.05, 3.63) is 5.56 Å². The highest BCUT2D eigenvalue weighted by Gasteiger charge is 2.28. The van der Waals surface area contributed by atoms with E-state index in [2.05, 4.69) is 15.5 Å². The summed E-state index contributed by atoms with van der Waals surface area (Å²) in [6.07, 6.45) is -0.115. The molecular formula is C10H15N3O6S. The van der Waals surface area contributed by atoms with Crippen LogP contribution in [0.4, 0.5) is 10.6 Å². The second kappa shape index (κ2) is 5.12. The third kappa shape index (κ3) is 3.95. The smallest absolute Gasteiger partial charge is 0.413 e. The Labute approximate surface area is 115 Å². The third-order valence-corrected chi connectivity index (χ3v) is 2.97. The lowest BCUT2D eigenvalue weighted by atomic mass is 10.2. The fourth-order valence-electron chi connectivity index (χ4n) is 1.28. The van der Waals surface area contributed by atoms with Crippen molar-refractivity contribution in [2.45, 2.75) is 31.4 Å². The molecule has 0 radical (unpaired) electrons. The molecule has 0 saturated heterocycles. The number of sulfone groups is 1. The summed E-state index contributed by atoms with van der Waals surface area (Å²) >= 11 is 0. The number of H-pyrrole nitrogens is 1. The van der Waals surface area contributed by atoms with Crippen molar-refractivity contribution < 1.29 is 27.9 Å². The fourth-order valence-corrected chi connectivity index (χ4v) is 2.05. The minimum absolute atomic E-state index is 0.424. The molecule has 0 bridgehead atoms. The average molecular weight is 305 g/mol. The highest BCUT2D eigenvalue weighted by Crippen LogP contribution is 2.21. The zero-order valence-electron chi connectivity index (χ0n) is 11.3. The number of carboxylic acids is 1. The SMILES string of the molecule is CC(C)(C)OC(=O)Nc1n[nH]c(S(C)(=O)=O)c1C(=O)O. The maximum absolute atomic E-state index is 11.5. The van der Waals surface area contributed by atoms with Crippen molar-refractivity contribution in [3.8, 4) is 0 Å². The summed E-state index contributed by atoms with van der Waals surface area (Å²) in [7, 11) is -3.82. The number of aromatic amines is 1. The zero-order valence-corrected chi connectivity index (χ0v) is 12.2. The van der Waals surface area contributed by atoms with Crippen LogP contribution in [0.3, 0.4) is 0 Å². The van der Waals surface area contributed by atoms with E-state index in [0.29, 0.717) is 0 Å². The van der Waals surface area contributed by atoms with Gasteiger partial charge < -0.3 is 9.84 Å². The Morgan fingerprint density at radius 3 is 2.30 bits per heavy atom. The maximum atomic E-state index is 11.5. The fraction of sp³-hybridized carbons (Fsp3) is 0.500. The molecule has 0 aliphatic rings. The summed E-state index contributed by atoms with van der Waals surface area (Å²) in [5.74, 6) is -1.96. The molecule has 20 heavy (non-hydrogen) atoms. The highest BCUT2D eigenvalue weighted by atomic mass is 32.2. The molecule has 0 aromatic carbocycles. The minimum Gasteiger partial charge on any atom is -0.477 e. The maximum Gasteiger partial charge on any atom is 0.413 e. The molecule has 1 heterocycles. The Hall–Kier alpha value is -2.10. The van der Waals surface area contributed by atoms with Crippen LogP contribution in [0, 0.1) is 0 Å². The molecule has 1 rings (SSSR count). The summed E-state index contributed by atoms with van der Waals surface area (Å²) in [6.45, 7) is 4.87. The van der Waals surface area contributed by atoms with Crippen LogP contribution in [0.5, 0.6) is 0 Å². The first kappa shape index (κ1) is 16.0. The summed E-state index contributed by atoms with van der Waals surface area (Å²) < 4.78 is 27.7. The highest BCUT2D eigenvalue weighted by molar-refractivity contribution is 7.90. The number of hydrogen-bond acceptors (Lipinski definition) is 6. The number of hydrogen-bond donors (Lipinski definition) is 3. The molecule has 0 unspecified atom stereocenters. The van der Waals surface area contributed by atoms with Gasteiger partial charge in [0.15, 0.2) is 20.7 Å². The number of anilines is 1. The van der Waals surface area contributed by atoms with Gasteiger partial charge in [0.2, 0.25) is 0 Å². The van der Waals surface area contributed by atoms with E-state index in [-0.39, 0.29) is 0 Å². The Kier molecular flexibility index (Phi) is 4.08. The van der Waals surface area contributed by atoms with Crippen molar-refractivity contribution in [1.82, 2.24) is 10.2 Å². The lowest BCUT2D eigenvalue weighted by Gasteiger charge is -2.19. The third-order valence-electron chi connectivity index (χ3n) is 1.94. The number of ether oxygens (including phenoxy) is 1. The predicted octanol–water partition coefficient (Wildman–Crippen LogP) is 0.858. The van der Waals surface area contributed by atoms with Gasteiger partial charge >= 0.3 is 12.1 Å². The number of nitrogens with zero attached hydrogens (tertiary/aromatic N) is 1. The molecule has 0 spiro atoms. The van der Waals surface area contributed by atoms with Gasteiger partial charge in [0.1, 0.15) is 11.2 Å². The zero-order chi connectivity index (χ0) is 15.7. The lowest BCUT2D eigenvalue weighted by molar-refractivity contribution is 0.0635. The largest absolute Gasteiger partial charge is 0.477 e.